The molecule has 7 heteroatoms. The lowest BCUT2D eigenvalue weighted by molar-refractivity contribution is 0.0947. The van der Waals surface area contributed by atoms with Crippen LogP contribution in [-0.4, -0.2) is 45.6 Å². The molecule has 1 aliphatic rings. The Hall–Kier alpha value is -0.630. The summed E-state index contributed by atoms with van der Waals surface area (Å²) in [7, 11) is -1.97. The highest BCUT2D eigenvalue weighted by atomic mass is 79.9. The molecule has 0 radical (unpaired) electrons. The van der Waals surface area contributed by atoms with Gasteiger partial charge >= 0.3 is 0 Å². The topological polar surface area (TPSA) is 55.8 Å². The van der Waals surface area contributed by atoms with Crippen LogP contribution >= 0.6 is 15.9 Å². The maximum absolute atomic E-state index is 12.7. The molecule has 5 nitrogen and oxygen atoms in total. The maximum atomic E-state index is 12.7. The van der Waals surface area contributed by atoms with E-state index in [2.05, 4.69) is 15.9 Å². The van der Waals surface area contributed by atoms with Gasteiger partial charge in [-0.25, -0.2) is 8.42 Å². The first kappa shape index (κ1) is 16.7. The van der Waals surface area contributed by atoms with Gasteiger partial charge in [-0.15, -0.1) is 0 Å². The van der Waals surface area contributed by atoms with Gasteiger partial charge in [0.15, 0.2) is 0 Å². The van der Waals surface area contributed by atoms with Gasteiger partial charge < -0.3 is 9.47 Å². The van der Waals surface area contributed by atoms with Crippen LogP contribution in [0.2, 0.25) is 0 Å². The number of ether oxygens (including phenoxy) is 2. The number of halogens is 1. The first-order chi connectivity index (χ1) is 9.98. The van der Waals surface area contributed by atoms with Crippen molar-refractivity contribution in [3.05, 3.63) is 22.7 Å². The minimum atomic E-state index is -3.52. The Bertz CT molecular complexity index is 585. The molecule has 1 aromatic carbocycles. The van der Waals surface area contributed by atoms with E-state index >= 15 is 0 Å². The number of hydrogen-bond donors (Lipinski definition) is 0. The summed E-state index contributed by atoms with van der Waals surface area (Å²) in [5.41, 5.74) is 0. The Morgan fingerprint density at radius 3 is 2.76 bits per heavy atom. The van der Waals surface area contributed by atoms with E-state index in [4.69, 9.17) is 9.47 Å². The number of likely N-dealkylation sites (N-methyl/N-ethyl adjacent to an activating group) is 1. The Labute approximate surface area is 134 Å². The van der Waals surface area contributed by atoms with E-state index in [-0.39, 0.29) is 11.0 Å². The van der Waals surface area contributed by atoms with Crippen molar-refractivity contribution in [3.8, 4) is 5.75 Å². The summed E-state index contributed by atoms with van der Waals surface area (Å²) in [6.07, 6.45) is 1.91. The van der Waals surface area contributed by atoms with Crippen LogP contribution in [0.3, 0.4) is 0 Å². The minimum absolute atomic E-state index is 0.00131. The van der Waals surface area contributed by atoms with Gasteiger partial charge in [-0.05, 0) is 47.0 Å². The Morgan fingerprint density at radius 1 is 1.48 bits per heavy atom. The molecule has 1 aliphatic heterocycles. The number of methoxy groups -OCH3 is 1. The highest BCUT2D eigenvalue weighted by Gasteiger charge is 2.28. The lowest BCUT2D eigenvalue weighted by atomic mass is 10.2. The molecule has 1 saturated heterocycles. The maximum Gasteiger partial charge on any atom is 0.243 e. The SMILES string of the molecule is CCN(CC1CCCO1)S(=O)(=O)c1ccc(OC)c(Br)c1. The second kappa shape index (κ2) is 7.09. The van der Waals surface area contributed by atoms with Crippen molar-refractivity contribution in [1.29, 1.82) is 0 Å². The average molecular weight is 378 g/mol. The van der Waals surface area contributed by atoms with Crippen LogP contribution < -0.4 is 4.74 Å². The predicted octanol–water partition coefficient (Wildman–Crippen LogP) is 2.65. The first-order valence-corrected chi connectivity index (χ1v) is 9.17. The van der Waals surface area contributed by atoms with Crippen molar-refractivity contribution >= 4 is 26.0 Å². The van der Waals surface area contributed by atoms with E-state index in [1.165, 1.54) is 4.31 Å². The number of hydrogen-bond acceptors (Lipinski definition) is 4. The molecule has 1 fully saturated rings. The van der Waals surface area contributed by atoms with Gasteiger partial charge in [0.25, 0.3) is 0 Å². The molecule has 1 atom stereocenters. The van der Waals surface area contributed by atoms with Crippen LogP contribution in [0.25, 0.3) is 0 Å². The fourth-order valence-electron chi connectivity index (χ4n) is 2.37. The lowest BCUT2D eigenvalue weighted by Crippen LogP contribution is -2.37. The van der Waals surface area contributed by atoms with Crippen LogP contribution in [0.1, 0.15) is 19.8 Å². The third-order valence-electron chi connectivity index (χ3n) is 3.55. The molecule has 118 valence electrons. The fraction of sp³-hybridized carbons (Fsp3) is 0.571. The predicted molar refractivity (Wildman–Crippen MR) is 84.1 cm³/mol. The molecular formula is C14H20BrNO4S. The molecule has 1 heterocycles. The van der Waals surface area contributed by atoms with Crippen LogP contribution in [0.5, 0.6) is 5.75 Å². The summed E-state index contributed by atoms with van der Waals surface area (Å²) in [4.78, 5) is 0.259. The van der Waals surface area contributed by atoms with Crippen molar-refractivity contribution in [3.63, 3.8) is 0 Å². The van der Waals surface area contributed by atoms with Gasteiger partial charge in [-0.3, -0.25) is 0 Å². The molecule has 0 bridgehead atoms. The molecular weight excluding hydrogens is 358 g/mol. The van der Waals surface area contributed by atoms with E-state index in [0.29, 0.717) is 23.3 Å². The van der Waals surface area contributed by atoms with E-state index in [1.54, 1.807) is 25.3 Å². The molecule has 21 heavy (non-hydrogen) atoms. The zero-order chi connectivity index (χ0) is 15.5. The van der Waals surface area contributed by atoms with E-state index in [9.17, 15) is 8.42 Å². The molecule has 0 aliphatic carbocycles. The molecule has 0 amide bonds. The molecule has 0 saturated carbocycles. The molecule has 2 rings (SSSR count). The normalized spacial score (nSPS) is 19.1. The summed E-state index contributed by atoms with van der Waals surface area (Å²) >= 11 is 3.33. The summed E-state index contributed by atoms with van der Waals surface area (Å²) in [5.74, 6) is 0.608. The smallest absolute Gasteiger partial charge is 0.243 e. The van der Waals surface area contributed by atoms with Crippen LogP contribution in [-0.2, 0) is 14.8 Å². The van der Waals surface area contributed by atoms with Crippen molar-refractivity contribution < 1.29 is 17.9 Å². The molecule has 0 aromatic heterocycles. The molecule has 1 aromatic rings. The standard InChI is InChI=1S/C14H20BrNO4S/c1-3-16(10-11-5-4-8-20-11)21(17,18)12-6-7-14(19-2)13(15)9-12/h6-7,9,11H,3-5,8,10H2,1-2H3. The van der Waals surface area contributed by atoms with Gasteiger partial charge in [-0.1, -0.05) is 6.92 Å². The Balaban J connectivity index is 2.23. The fourth-order valence-corrected chi connectivity index (χ4v) is 4.57. The highest BCUT2D eigenvalue weighted by Crippen LogP contribution is 2.29. The quantitative estimate of drug-likeness (QED) is 0.764. The van der Waals surface area contributed by atoms with Crippen LogP contribution in [0.15, 0.2) is 27.6 Å². The van der Waals surface area contributed by atoms with Gasteiger partial charge in [0.05, 0.1) is 22.6 Å². The van der Waals surface area contributed by atoms with Gasteiger partial charge in [0, 0.05) is 19.7 Å². The average Bonchev–Trinajstić information content (AvgIpc) is 2.97. The third kappa shape index (κ3) is 3.77. The van der Waals surface area contributed by atoms with Crippen molar-refractivity contribution in [1.82, 2.24) is 4.31 Å². The van der Waals surface area contributed by atoms with E-state index in [1.807, 2.05) is 6.92 Å². The van der Waals surface area contributed by atoms with Gasteiger partial charge in [0.1, 0.15) is 5.75 Å². The summed E-state index contributed by atoms with van der Waals surface area (Å²) in [6, 6.07) is 4.79. The monoisotopic (exact) mass is 377 g/mol. The minimum Gasteiger partial charge on any atom is -0.496 e. The Morgan fingerprint density at radius 2 is 2.24 bits per heavy atom. The van der Waals surface area contributed by atoms with Crippen molar-refractivity contribution in [2.45, 2.75) is 30.8 Å². The number of benzene rings is 1. The number of rotatable bonds is 6. The van der Waals surface area contributed by atoms with E-state index in [0.717, 1.165) is 19.4 Å². The Kier molecular flexibility index (Phi) is 5.65. The second-order valence-corrected chi connectivity index (χ2v) is 7.68. The summed E-state index contributed by atoms with van der Waals surface area (Å²) in [6.45, 7) is 3.38. The van der Waals surface area contributed by atoms with Crippen LogP contribution in [0.4, 0.5) is 0 Å². The molecule has 1 unspecified atom stereocenters. The van der Waals surface area contributed by atoms with Gasteiger partial charge in [-0.2, -0.15) is 4.31 Å². The zero-order valence-electron chi connectivity index (χ0n) is 12.2. The summed E-state index contributed by atoms with van der Waals surface area (Å²) in [5, 5.41) is 0. The zero-order valence-corrected chi connectivity index (χ0v) is 14.6. The largest absolute Gasteiger partial charge is 0.496 e. The van der Waals surface area contributed by atoms with E-state index < -0.39 is 10.0 Å². The van der Waals surface area contributed by atoms with Gasteiger partial charge in [0.2, 0.25) is 10.0 Å². The number of sulfonamides is 1. The molecule has 0 spiro atoms. The highest BCUT2D eigenvalue weighted by molar-refractivity contribution is 9.10. The van der Waals surface area contributed by atoms with Crippen LogP contribution in [0, 0.1) is 0 Å². The van der Waals surface area contributed by atoms with Crippen molar-refractivity contribution in [2.24, 2.45) is 0 Å². The third-order valence-corrected chi connectivity index (χ3v) is 6.10. The van der Waals surface area contributed by atoms with Crippen molar-refractivity contribution in [2.75, 3.05) is 26.8 Å². The summed E-state index contributed by atoms with van der Waals surface area (Å²) < 4.78 is 38.2. The lowest BCUT2D eigenvalue weighted by Gasteiger charge is -2.23. The number of nitrogens with zero attached hydrogens (tertiary/aromatic N) is 1. The second-order valence-electron chi connectivity index (χ2n) is 4.89. The first-order valence-electron chi connectivity index (χ1n) is 6.94. The molecule has 0 N–H and O–H groups in total.